The predicted molar refractivity (Wildman–Crippen MR) is 53.9 cm³/mol. The lowest BCUT2D eigenvalue weighted by Gasteiger charge is -2.00. The summed E-state index contributed by atoms with van der Waals surface area (Å²) >= 11 is 1.59. The minimum absolute atomic E-state index is 0.0983. The molecule has 0 aromatic carbocycles. The lowest BCUT2D eigenvalue weighted by Crippen LogP contribution is -2.14. The van der Waals surface area contributed by atoms with Gasteiger partial charge in [0.25, 0.3) is 0 Å². The molecule has 0 saturated heterocycles. The number of thioether (sulfide) groups is 1. The largest absolute Gasteiger partial charge is 0.481 e. The van der Waals surface area contributed by atoms with E-state index in [4.69, 9.17) is 5.11 Å². The molecule has 6 heteroatoms. The number of sulfone groups is 1. The molecule has 0 aromatic rings. The van der Waals surface area contributed by atoms with Crippen molar-refractivity contribution in [3.63, 3.8) is 0 Å². The maximum atomic E-state index is 11.1. The average Bonchev–Trinajstić information content (AvgIpc) is 2.02. The highest BCUT2D eigenvalue weighted by Gasteiger charge is 2.12. The first-order chi connectivity index (χ1) is 5.98. The van der Waals surface area contributed by atoms with E-state index in [0.29, 0.717) is 6.42 Å². The van der Waals surface area contributed by atoms with E-state index < -0.39 is 15.8 Å². The molecule has 0 aromatic heterocycles. The average molecular weight is 226 g/mol. The lowest BCUT2D eigenvalue weighted by atomic mass is 10.5. The second-order valence-corrected chi connectivity index (χ2v) is 5.93. The predicted octanol–water partition coefficient (Wildman–Crippen LogP) is 0.629. The molecule has 0 atom stereocenters. The van der Waals surface area contributed by atoms with Crippen molar-refractivity contribution in [2.45, 2.75) is 12.8 Å². The number of carboxylic acids is 1. The summed E-state index contributed by atoms with van der Waals surface area (Å²) in [5.41, 5.74) is 0. The van der Waals surface area contributed by atoms with Gasteiger partial charge < -0.3 is 5.11 Å². The Morgan fingerprint density at radius 3 is 2.46 bits per heavy atom. The molecule has 0 saturated carbocycles. The molecule has 0 bridgehead atoms. The summed E-state index contributed by atoms with van der Waals surface area (Å²) in [4.78, 5) is 10.1. The molecule has 0 spiro atoms. The monoisotopic (exact) mass is 226 g/mol. The van der Waals surface area contributed by atoms with Crippen molar-refractivity contribution < 1.29 is 18.3 Å². The highest BCUT2D eigenvalue weighted by Crippen LogP contribution is 2.01. The number of aliphatic carboxylic acids is 1. The van der Waals surface area contributed by atoms with Crippen LogP contribution in [0.1, 0.15) is 12.8 Å². The molecule has 0 aliphatic heterocycles. The van der Waals surface area contributed by atoms with E-state index in [9.17, 15) is 13.2 Å². The molecule has 1 N–H and O–H groups in total. The maximum Gasteiger partial charge on any atom is 0.304 e. The molecular formula is C7H14O4S2. The minimum Gasteiger partial charge on any atom is -0.481 e. The Morgan fingerprint density at radius 2 is 2.00 bits per heavy atom. The highest BCUT2D eigenvalue weighted by atomic mass is 32.2. The van der Waals surface area contributed by atoms with E-state index in [1.807, 2.05) is 6.26 Å². The molecule has 13 heavy (non-hydrogen) atoms. The van der Waals surface area contributed by atoms with Gasteiger partial charge in [0, 0.05) is 0 Å². The summed E-state index contributed by atoms with van der Waals surface area (Å²) in [6.07, 6.45) is 2.22. The van der Waals surface area contributed by atoms with Gasteiger partial charge in [-0.3, -0.25) is 4.79 Å². The fourth-order valence-electron chi connectivity index (χ4n) is 0.768. The fraction of sp³-hybridized carbons (Fsp3) is 0.857. The zero-order valence-electron chi connectivity index (χ0n) is 7.52. The summed E-state index contributed by atoms with van der Waals surface area (Å²) in [6, 6.07) is 0. The van der Waals surface area contributed by atoms with Gasteiger partial charge in [-0.15, -0.1) is 0 Å². The van der Waals surface area contributed by atoms with Crippen LogP contribution in [0.15, 0.2) is 0 Å². The minimum atomic E-state index is -3.14. The van der Waals surface area contributed by atoms with E-state index >= 15 is 0 Å². The molecule has 4 nitrogen and oxygen atoms in total. The number of rotatable bonds is 7. The molecule has 0 radical (unpaired) electrons. The van der Waals surface area contributed by atoms with Crippen LogP contribution in [0.5, 0.6) is 0 Å². The van der Waals surface area contributed by atoms with E-state index in [2.05, 4.69) is 0 Å². The normalized spacial score (nSPS) is 11.5. The Balaban J connectivity index is 3.74. The second-order valence-electron chi connectivity index (χ2n) is 2.64. The summed E-state index contributed by atoms with van der Waals surface area (Å²) in [5.74, 6) is -0.405. The molecule has 0 heterocycles. The smallest absolute Gasteiger partial charge is 0.304 e. The van der Waals surface area contributed by atoms with Gasteiger partial charge in [-0.2, -0.15) is 11.8 Å². The van der Waals surface area contributed by atoms with Gasteiger partial charge in [-0.25, -0.2) is 8.42 Å². The van der Waals surface area contributed by atoms with Crippen molar-refractivity contribution in [3.8, 4) is 0 Å². The Kier molecular flexibility index (Phi) is 6.15. The summed E-state index contributed by atoms with van der Waals surface area (Å²) in [7, 11) is -3.14. The molecule has 0 rings (SSSR count). The van der Waals surface area contributed by atoms with Crippen molar-refractivity contribution in [2.24, 2.45) is 0 Å². The third-order valence-corrected chi connectivity index (χ3v) is 3.86. The van der Waals surface area contributed by atoms with Crippen LogP contribution in [-0.2, 0) is 14.6 Å². The molecule has 0 unspecified atom stereocenters. The van der Waals surface area contributed by atoms with Crippen LogP contribution >= 0.6 is 11.8 Å². The zero-order chi connectivity index (χ0) is 10.3. The molecule has 0 fully saturated rings. The third kappa shape index (κ3) is 8.11. The summed E-state index contributed by atoms with van der Waals surface area (Å²) < 4.78 is 22.3. The highest BCUT2D eigenvalue weighted by molar-refractivity contribution is 7.98. The lowest BCUT2D eigenvalue weighted by molar-refractivity contribution is -0.136. The molecule has 0 aliphatic carbocycles. The molecule has 78 valence electrons. The van der Waals surface area contributed by atoms with Crippen LogP contribution < -0.4 is 0 Å². The Hall–Kier alpha value is -0.230. The van der Waals surface area contributed by atoms with E-state index in [1.54, 1.807) is 11.8 Å². The van der Waals surface area contributed by atoms with Gasteiger partial charge >= 0.3 is 5.97 Å². The zero-order valence-corrected chi connectivity index (χ0v) is 9.16. The van der Waals surface area contributed by atoms with Crippen LogP contribution in [0.3, 0.4) is 0 Å². The van der Waals surface area contributed by atoms with Gasteiger partial charge in [-0.05, 0) is 18.4 Å². The SMILES string of the molecule is CSCCCS(=O)(=O)CCC(=O)O. The maximum absolute atomic E-state index is 11.1. The topological polar surface area (TPSA) is 71.4 Å². The molecular weight excluding hydrogens is 212 g/mol. The van der Waals surface area contributed by atoms with Gasteiger partial charge in [0.05, 0.1) is 17.9 Å². The Bertz CT molecular complexity index is 245. The van der Waals surface area contributed by atoms with Crippen molar-refractivity contribution in [1.29, 1.82) is 0 Å². The fourth-order valence-corrected chi connectivity index (χ4v) is 2.66. The van der Waals surface area contributed by atoms with Crippen LogP contribution in [0.4, 0.5) is 0 Å². The van der Waals surface area contributed by atoms with E-state index in [1.165, 1.54) is 0 Å². The Morgan fingerprint density at radius 1 is 1.38 bits per heavy atom. The second kappa shape index (κ2) is 6.26. The van der Waals surface area contributed by atoms with Crippen molar-refractivity contribution in [3.05, 3.63) is 0 Å². The molecule has 0 amide bonds. The van der Waals surface area contributed by atoms with E-state index in [-0.39, 0.29) is 17.9 Å². The van der Waals surface area contributed by atoms with Crippen LogP contribution in [0, 0.1) is 0 Å². The Labute approximate surface area is 82.6 Å². The van der Waals surface area contributed by atoms with Gasteiger partial charge in [-0.1, -0.05) is 0 Å². The van der Waals surface area contributed by atoms with Gasteiger partial charge in [0.2, 0.25) is 0 Å². The van der Waals surface area contributed by atoms with Crippen LogP contribution in [0.2, 0.25) is 0 Å². The quantitative estimate of drug-likeness (QED) is 0.645. The van der Waals surface area contributed by atoms with Crippen LogP contribution in [-0.4, -0.2) is 43.0 Å². The van der Waals surface area contributed by atoms with Crippen molar-refractivity contribution in [1.82, 2.24) is 0 Å². The van der Waals surface area contributed by atoms with Crippen LogP contribution in [0.25, 0.3) is 0 Å². The van der Waals surface area contributed by atoms with E-state index in [0.717, 1.165) is 5.75 Å². The third-order valence-electron chi connectivity index (χ3n) is 1.43. The van der Waals surface area contributed by atoms with Crippen molar-refractivity contribution in [2.75, 3.05) is 23.5 Å². The number of carbonyl (C=O) groups is 1. The first-order valence-electron chi connectivity index (χ1n) is 3.89. The van der Waals surface area contributed by atoms with Gasteiger partial charge in [0.1, 0.15) is 0 Å². The first kappa shape index (κ1) is 12.8. The number of hydrogen-bond acceptors (Lipinski definition) is 4. The summed E-state index contributed by atoms with van der Waals surface area (Å²) in [6.45, 7) is 0. The first-order valence-corrected chi connectivity index (χ1v) is 7.10. The van der Waals surface area contributed by atoms with Crippen molar-refractivity contribution >= 4 is 27.6 Å². The molecule has 0 aliphatic rings. The number of carboxylic acid groups (broad SMARTS) is 1. The van der Waals surface area contributed by atoms with Gasteiger partial charge in [0.15, 0.2) is 9.84 Å². The number of hydrogen-bond donors (Lipinski definition) is 1. The summed E-state index contributed by atoms with van der Waals surface area (Å²) in [5, 5.41) is 8.28. The standard InChI is InChI=1S/C7H14O4S2/c1-12-4-2-5-13(10,11)6-3-7(8)9/h2-6H2,1H3,(H,8,9).